The van der Waals surface area contributed by atoms with Crippen molar-refractivity contribution < 1.29 is 9.90 Å². The molecule has 1 aliphatic heterocycles. The largest absolute Gasteiger partial charge is 0.370 e. The SMILES string of the molecule is CC1=C(C)[C@H](O)NC1=O. The van der Waals surface area contributed by atoms with Crippen LogP contribution in [0.4, 0.5) is 0 Å². The summed E-state index contributed by atoms with van der Waals surface area (Å²) >= 11 is 0. The Morgan fingerprint density at radius 1 is 1.56 bits per heavy atom. The van der Waals surface area contributed by atoms with Crippen molar-refractivity contribution >= 4 is 5.91 Å². The van der Waals surface area contributed by atoms with Gasteiger partial charge in [-0.3, -0.25) is 4.79 Å². The molecule has 1 rings (SSSR count). The Bertz CT molecular complexity index is 183. The summed E-state index contributed by atoms with van der Waals surface area (Å²) in [4.78, 5) is 10.7. The van der Waals surface area contributed by atoms with Crippen LogP contribution in [0.1, 0.15) is 13.8 Å². The highest BCUT2D eigenvalue weighted by Gasteiger charge is 2.22. The third-order valence-electron chi connectivity index (χ3n) is 1.61. The number of carbonyl (C=O) groups is 1. The molecule has 50 valence electrons. The molecule has 1 amide bonds. The second-order valence-corrected chi connectivity index (χ2v) is 2.18. The van der Waals surface area contributed by atoms with Crippen LogP contribution in [-0.2, 0) is 4.79 Å². The summed E-state index contributed by atoms with van der Waals surface area (Å²) in [6.07, 6.45) is -0.752. The van der Waals surface area contributed by atoms with E-state index < -0.39 is 6.23 Å². The first-order valence-electron chi connectivity index (χ1n) is 2.79. The Labute approximate surface area is 53.4 Å². The molecule has 3 heteroatoms. The highest BCUT2D eigenvalue weighted by Crippen LogP contribution is 2.13. The Morgan fingerprint density at radius 3 is 2.22 bits per heavy atom. The van der Waals surface area contributed by atoms with Crippen LogP contribution in [0.3, 0.4) is 0 Å². The van der Waals surface area contributed by atoms with E-state index in [-0.39, 0.29) is 5.91 Å². The lowest BCUT2D eigenvalue weighted by Gasteiger charge is -2.00. The van der Waals surface area contributed by atoms with Gasteiger partial charge in [-0.25, -0.2) is 0 Å². The molecule has 0 saturated heterocycles. The summed E-state index contributed by atoms with van der Waals surface area (Å²) in [6.45, 7) is 3.43. The van der Waals surface area contributed by atoms with Crippen molar-refractivity contribution in [3.63, 3.8) is 0 Å². The molecule has 3 nitrogen and oxygen atoms in total. The van der Waals surface area contributed by atoms with Crippen LogP contribution in [0.25, 0.3) is 0 Å². The number of hydrogen-bond acceptors (Lipinski definition) is 2. The highest BCUT2D eigenvalue weighted by molar-refractivity contribution is 5.96. The van der Waals surface area contributed by atoms with Gasteiger partial charge in [0, 0.05) is 5.57 Å². The van der Waals surface area contributed by atoms with Gasteiger partial charge in [0.25, 0.3) is 0 Å². The van der Waals surface area contributed by atoms with Crippen molar-refractivity contribution in [1.82, 2.24) is 5.32 Å². The van der Waals surface area contributed by atoms with E-state index in [1.807, 2.05) is 0 Å². The van der Waals surface area contributed by atoms with Crippen LogP contribution in [-0.4, -0.2) is 17.2 Å². The first kappa shape index (κ1) is 6.29. The van der Waals surface area contributed by atoms with E-state index in [0.717, 1.165) is 5.57 Å². The normalized spacial score (nSPS) is 27.0. The van der Waals surface area contributed by atoms with E-state index in [4.69, 9.17) is 5.11 Å². The molecule has 0 bridgehead atoms. The van der Waals surface area contributed by atoms with Crippen molar-refractivity contribution in [2.45, 2.75) is 20.1 Å². The molecule has 0 aliphatic carbocycles. The van der Waals surface area contributed by atoms with E-state index in [1.54, 1.807) is 13.8 Å². The van der Waals surface area contributed by atoms with Crippen molar-refractivity contribution in [3.8, 4) is 0 Å². The van der Waals surface area contributed by atoms with Gasteiger partial charge in [0.1, 0.15) is 6.23 Å². The van der Waals surface area contributed by atoms with Crippen LogP contribution in [0.2, 0.25) is 0 Å². The molecule has 1 atom stereocenters. The number of aliphatic hydroxyl groups is 1. The van der Waals surface area contributed by atoms with Crippen LogP contribution in [0.5, 0.6) is 0 Å². The predicted octanol–water partition coefficient (Wildman–Crippen LogP) is -0.229. The van der Waals surface area contributed by atoms with Gasteiger partial charge in [-0.15, -0.1) is 0 Å². The fourth-order valence-corrected chi connectivity index (χ4v) is 0.725. The number of hydrogen-bond donors (Lipinski definition) is 2. The molecule has 0 aromatic carbocycles. The van der Waals surface area contributed by atoms with Gasteiger partial charge in [0.15, 0.2) is 0 Å². The maximum atomic E-state index is 10.7. The van der Waals surface area contributed by atoms with Gasteiger partial charge in [-0.1, -0.05) is 0 Å². The van der Waals surface area contributed by atoms with Gasteiger partial charge >= 0.3 is 0 Å². The molecule has 0 fully saturated rings. The molecule has 0 spiro atoms. The Balaban J connectivity index is 2.92. The smallest absolute Gasteiger partial charge is 0.249 e. The quantitative estimate of drug-likeness (QED) is 0.472. The van der Waals surface area contributed by atoms with Gasteiger partial charge in [0.05, 0.1) is 0 Å². The van der Waals surface area contributed by atoms with Gasteiger partial charge in [-0.05, 0) is 19.4 Å². The minimum absolute atomic E-state index is 0.167. The van der Waals surface area contributed by atoms with Gasteiger partial charge in [0.2, 0.25) is 5.91 Å². The molecule has 9 heavy (non-hydrogen) atoms. The number of aliphatic hydroxyl groups excluding tert-OH is 1. The number of amides is 1. The van der Waals surface area contributed by atoms with Crippen LogP contribution < -0.4 is 5.32 Å². The monoisotopic (exact) mass is 127 g/mol. The topological polar surface area (TPSA) is 49.3 Å². The lowest BCUT2D eigenvalue weighted by molar-refractivity contribution is -0.118. The van der Waals surface area contributed by atoms with E-state index >= 15 is 0 Å². The highest BCUT2D eigenvalue weighted by atomic mass is 16.3. The molecule has 1 aliphatic rings. The Kier molecular flexibility index (Phi) is 1.29. The summed E-state index contributed by atoms with van der Waals surface area (Å²) in [5.74, 6) is -0.167. The fraction of sp³-hybridized carbons (Fsp3) is 0.500. The van der Waals surface area contributed by atoms with Gasteiger partial charge in [-0.2, -0.15) is 0 Å². The average Bonchev–Trinajstić information content (AvgIpc) is 1.98. The lowest BCUT2D eigenvalue weighted by atomic mass is 10.2. The predicted molar refractivity (Wildman–Crippen MR) is 32.5 cm³/mol. The zero-order chi connectivity index (χ0) is 7.02. The van der Waals surface area contributed by atoms with Crippen LogP contribution in [0, 0.1) is 0 Å². The van der Waals surface area contributed by atoms with Crippen molar-refractivity contribution in [3.05, 3.63) is 11.1 Å². The molecule has 0 aromatic rings. The van der Waals surface area contributed by atoms with Crippen molar-refractivity contribution in [2.75, 3.05) is 0 Å². The summed E-state index contributed by atoms with van der Waals surface area (Å²) in [6, 6.07) is 0. The average molecular weight is 127 g/mol. The van der Waals surface area contributed by atoms with Crippen LogP contribution in [0.15, 0.2) is 11.1 Å². The summed E-state index contributed by atoms with van der Waals surface area (Å²) < 4.78 is 0. The maximum Gasteiger partial charge on any atom is 0.249 e. The summed E-state index contributed by atoms with van der Waals surface area (Å²) in [5.41, 5.74) is 1.35. The van der Waals surface area contributed by atoms with Gasteiger partial charge < -0.3 is 10.4 Å². The first-order valence-corrected chi connectivity index (χ1v) is 2.79. The Morgan fingerprint density at radius 2 is 2.11 bits per heavy atom. The zero-order valence-electron chi connectivity index (χ0n) is 5.43. The zero-order valence-corrected chi connectivity index (χ0v) is 5.43. The minimum atomic E-state index is -0.752. The molecule has 0 aromatic heterocycles. The molecule has 2 N–H and O–H groups in total. The first-order chi connectivity index (χ1) is 4.13. The minimum Gasteiger partial charge on any atom is -0.370 e. The van der Waals surface area contributed by atoms with Crippen LogP contribution >= 0.6 is 0 Å². The summed E-state index contributed by atoms with van der Waals surface area (Å²) in [7, 11) is 0. The van der Waals surface area contributed by atoms with E-state index in [9.17, 15) is 4.79 Å². The number of nitrogens with one attached hydrogen (secondary N) is 1. The summed E-state index contributed by atoms with van der Waals surface area (Å²) in [5, 5.41) is 11.3. The number of rotatable bonds is 0. The van der Waals surface area contributed by atoms with Crippen molar-refractivity contribution in [1.29, 1.82) is 0 Å². The fourth-order valence-electron chi connectivity index (χ4n) is 0.725. The third kappa shape index (κ3) is 0.833. The number of carbonyl (C=O) groups excluding carboxylic acids is 1. The molecule has 0 radical (unpaired) electrons. The second kappa shape index (κ2) is 1.84. The standard InChI is InChI=1S/C6H9NO2/c1-3-4(2)6(9)7-5(3)8/h5,8H,1-2H3,(H,7,9)/t5-/m0/s1. The van der Waals surface area contributed by atoms with Crippen molar-refractivity contribution in [2.24, 2.45) is 0 Å². The molecular weight excluding hydrogens is 118 g/mol. The molecule has 1 heterocycles. The third-order valence-corrected chi connectivity index (χ3v) is 1.61. The van der Waals surface area contributed by atoms with E-state index in [2.05, 4.69) is 5.32 Å². The molecule has 0 unspecified atom stereocenters. The lowest BCUT2D eigenvalue weighted by Crippen LogP contribution is -2.27. The van der Waals surface area contributed by atoms with E-state index in [1.165, 1.54) is 0 Å². The molecule has 0 saturated carbocycles. The van der Waals surface area contributed by atoms with E-state index in [0.29, 0.717) is 5.57 Å². The Hall–Kier alpha value is -0.830. The maximum absolute atomic E-state index is 10.7. The second-order valence-electron chi connectivity index (χ2n) is 2.18. The molecular formula is C6H9NO2.